The molecule has 0 atom stereocenters. The second-order valence-corrected chi connectivity index (χ2v) is 3.53. The van der Waals surface area contributed by atoms with Gasteiger partial charge in [-0.3, -0.25) is 0 Å². The molecule has 0 amide bonds. The summed E-state index contributed by atoms with van der Waals surface area (Å²) in [6, 6.07) is 18.0. The Morgan fingerprint density at radius 1 is 0.824 bits per heavy atom. The molecule has 0 heterocycles. The molecule has 0 aromatic heterocycles. The molecular weight excluding hydrogens is 212 g/mol. The standard InChI is InChI=1S/C14H10N2O/c15-16-13(11-7-3-1-4-8-11)14(17)12-9-5-2-6-10-12/h1-10H/p+1/b14-13+. The van der Waals surface area contributed by atoms with Gasteiger partial charge < -0.3 is 5.11 Å². The van der Waals surface area contributed by atoms with Crippen molar-refractivity contribution in [1.29, 1.82) is 5.39 Å². The molecule has 0 spiro atoms. The van der Waals surface area contributed by atoms with Gasteiger partial charge in [-0.15, -0.1) is 0 Å². The van der Waals surface area contributed by atoms with E-state index >= 15 is 0 Å². The molecule has 0 unspecified atom stereocenters. The van der Waals surface area contributed by atoms with Gasteiger partial charge in [0.05, 0.1) is 5.56 Å². The summed E-state index contributed by atoms with van der Waals surface area (Å²) in [4.78, 5) is 3.16. The molecule has 2 rings (SSSR count). The topological polar surface area (TPSA) is 48.4 Å². The third-order valence-corrected chi connectivity index (χ3v) is 2.42. The van der Waals surface area contributed by atoms with Gasteiger partial charge in [-0.25, -0.2) is 0 Å². The van der Waals surface area contributed by atoms with Crippen LogP contribution in [-0.2, 0) is 0 Å². The first-order valence-corrected chi connectivity index (χ1v) is 5.22. The number of nitrogens with zero attached hydrogens (tertiary/aromatic N) is 2. The highest BCUT2D eigenvalue weighted by atomic mass is 16.3. The van der Waals surface area contributed by atoms with Crippen molar-refractivity contribution in [2.75, 3.05) is 0 Å². The fraction of sp³-hybridized carbons (Fsp3) is 0. The molecule has 0 aliphatic heterocycles. The average Bonchev–Trinajstić information content (AvgIpc) is 2.42. The first-order chi connectivity index (χ1) is 8.33. The van der Waals surface area contributed by atoms with Crippen LogP contribution in [0.25, 0.3) is 16.4 Å². The van der Waals surface area contributed by atoms with Crippen molar-refractivity contribution >= 4 is 11.5 Å². The highest BCUT2D eigenvalue weighted by molar-refractivity contribution is 5.89. The minimum Gasteiger partial charge on any atom is -0.501 e. The summed E-state index contributed by atoms with van der Waals surface area (Å²) in [6.45, 7) is 0. The lowest BCUT2D eigenvalue weighted by molar-refractivity contribution is 0.514. The van der Waals surface area contributed by atoms with Gasteiger partial charge in [-0.1, -0.05) is 48.5 Å². The van der Waals surface area contributed by atoms with Gasteiger partial charge in [-0.2, -0.15) is 0 Å². The van der Waals surface area contributed by atoms with Gasteiger partial charge in [-0.05, 0) is 12.1 Å². The van der Waals surface area contributed by atoms with Crippen molar-refractivity contribution in [3.05, 3.63) is 76.8 Å². The molecule has 0 aliphatic rings. The lowest BCUT2D eigenvalue weighted by atomic mass is 10.1. The molecule has 1 N–H and O–H groups in total. The lowest BCUT2D eigenvalue weighted by Crippen LogP contribution is -1.88. The molecular formula is C14H11N2O+. The molecule has 0 fully saturated rings. The van der Waals surface area contributed by atoms with Crippen LogP contribution in [0.5, 0.6) is 0 Å². The van der Waals surface area contributed by atoms with Gasteiger partial charge in [0, 0.05) is 5.56 Å². The maximum absolute atomic E-state index is 10.1. The van der Waals surface area contributed by atoms with E-state index in [0.717, 1.165) is 0 Å². The van der Waals surface area contributed by atoms with Crippen LogP contribution in [0.3, 0.4) is 0 Å². The zero-order chi connectivity index (χ0) is 12.1. The Balaban J connectivity index is 2.53. The van der Waals surface area contributed by atoms with E-state index in [9.17, 15) is 5.11 Å². The van der Waals surface area contributed by atoms with E-state index in [0.29, 0.717) is 11.1 Å². The summed E-state index contributed by atoms with van der Waals surface area (Å²) in [7, 11) is 0. The molecule has 2 aromatic rings. The number of hydrogen-bond acceptors (Lipinski definition) is 2. The van der Waals surface area contributed by atoms with E-state index in [-0.39, 0.29) is 11.5 Å². The Kier molecular flexibility index (Phi) is 3.18. The zero-order valence-corrected chi connectivity index (χ0v) is 9.12. The summed E-state index contributed by atoms with van der Waals surface area (Å²) < 4.78 is 0. The summed E-state index contributed by atoms with van der Waals surface area (Å²) in [5.41, 5.74) is 1.44. The maximum atomic E-state index is 10.1. The number of diazo groups is 1. The smallest absolute Gasteiger partial charge is 0.433 e. The van der Waals surface area contributed by atoms with Crippen LogP contribution in [0, 0.1) is 5.39 Å². The molecule has 82 valence electrons. The Morgan fingerprint density at radius 3 is 1.76 bits per heavy atom. The molecule has 2 aromatic carbocycles. The largest absolute Gasteiger partial charge is 0.501 e. The number of benzene rings is 2. The van der Waals surface area contributed by atoms with Crippen LogP contribution >= 0.6 is 0 Å². The van der Waals surface area contributed by atoms with Crippen LogP contribution in [0.2, 0.25) is 0 Å². The minimum atomic E-state index is -0.0423. The number of hydrogen-bond donors (Lipinski definition) is 1. The molecule has 3 nitrogen and oxygen atoms in total. The number of rotatable bonds is 2. The zero-order valence-electron chi connectivity index (χ0n) is 9.12. The Labute approximate surface area is 99.3 Å². The Hall–Kier alpha value is -2.60. The lowest BCUT2D eigenvalue weighted by Gasteiger charge is -1.97. The van der Waals surface area contributed by atoms with Crippen LogP contribution in [0.1, 0.15) is 11.1 Å². The van der Waals surface area contributed by atoms with E-state index in [1.807, 2.05) is 36.4 Å². The van der Waals surface area contributed by atoms with E-state index in [2.05, 4.69) is 4.98 Å². The summed E-state index contributed by atoms with van der Waals surface area (Å²) in [6.07, 6.45) is 0. The minimum absolute atomic E-state index is 0.0423. The van der Waals surface area contributed by atoms with Crippen LogP contribution in [-0.4, -0.2) is 5.11 Å². The van der Waals surface area contributed by atoms with E-state index < -0.39 is 0 Å². The van der Waals surface area contributed by atoms with Crippen LogP contribution in [0.4, 0.5) is 0 Å². The molecule has 0 radical (unpaired) electrons. The first kappa shape index (κ1) is 10.9. The number of aliphatic hydroxyl groups is 1. The first-order valence-electron chi connectivity index (χ1n) is 5.22. The van der Waals surface area contributed by atoms with E-state index in [1.54, 1.807) is 24.3 Å². The maximum Gasteiger partial charge on any atom is 0.433 e. The van der Waals surface area contributed by atoms with Crippen LogP contribution in [0.15, 0.2) is 60.7 Å². The predicted octanol–water partition coefficient (Wildman–Crippen LogP) is 3.92. The van der Waals surface area contributed by atoms with Gasteiger partial charge in [0.15, 0.2) is 4.98 Å². The fourth-order valence-electron chi connectivity index (χ4n) is 1.57. The average molecular weight is 223 g/mol. The molecule has 3 heteroatoms. The van der Waals surface area contributed by atoms with Crippen molar-refractivity contribution in [2.45, 2.75) is 0 Å². The van der Waals surface area contributed by atoms with Crippen molar-refractivity contribution in [1.82, 2.24) is 0 Å². The highest BCUT2D eigenvalue weighted by Gasteiger charge is 2.22. The molecule has 17 heavy (non-hydrogen) atoms. The van der Waals surface area contributed by atoms with Crippen molar-refractivity contribution in [2.24, 2.45) is 0 Å². The summed E-state index contributed by atoms with van der Waals surface area (Å²) in [5, 5.41) is 19.1. The predicted molar refractivity (Wildman–Crippen MR) is 67.4 cm³/mol. The van der Waals surface area contributed by atoms with Crippen molar-refractivity contribution in [3.63, 3.8) is 0 Å². The Bertz CT molecular complexity index is 568. The van der Waals surface area contributed by atoms with E-state index in [1.165, 1.54) is 0 Å². The van der Waals surface area contributed by atoms with Crippen LogP contribution < -0.4 is 0 Å². The van der Waals surface area contributed by atoms with Gasteiger partial charge in [0.1, 0.15) is 0 Å². The summed E-state index contributed by atoms with van der Waals surface area (Å²) in [5.74, 6) is -0.0423. The molecule has 0 saturated carbocycles. The summed E-state index contributed by atoms with van der Waals surface area (Å²) >= 11 is 0. The molecule has 0 bridgehead atoms. The third kappa shape index (κ3) is 2.32. The van der Waals surface area contributed by atoms with Crippen molar-refractivity contribution < 1.29 is 5.11 Å². The van der Waals surface area contributed by atoms with Crippen molar-refractivity contribution in [3.8, 4) is 0 Å². The second-order valence-electron chi connectivity index (χ2n) is 3.53. The highest BCUT2D eigenvalue weighted by Crippen LogP contribution is 2.25. The monoisotopic (exact) mass is 223 g/mol. The van der Waals surface area contributed by atoms with E-state index in [4.69, 9.17) is 5.39 Å². The SMILES string of the molecule is N#[N+]/C(=C(/O)c1ccccc1)c1ccccc1. The third-order valence-electron chi connectivity index (χ3n) is 2.42. The molecule has 0 saturated heterocycles. The normalized spacial score (nSPS) is 11.5. The number of aliphatic hydroxyl groups excluding tert-OH is 1. The fourth-order valence-corrected chi connectivity index (χ4v) is 1.57. The second kappa shape index (κ2) is 4.95. The quantitative estimate of drug-likeness (QED) is 0.476. The molecule has 0 aliphatic carbocycles. The van der Waals surface area contributed by atoms with Gasteiger partial charge in [0.2, 0.25) is 11.2 Å². The van der Waals surface area contributed by atoms with Gasteiger partial charge in [0.25, 0.3) is 0 Å². The Morgan fingerprint density at radius 2 is 1.29 bits per heavy atom. The van der Waals surface area contributed by atoms with Gasteiger partial charge >= 0.3 is 5.70 Å².